The summed E-state index contributed by atoms with van der Waals surface area (Å²) in [6.45, 7) is 2.23. The predicted octanol–water partition coefficient (Wildman–Crippen LogP) is 0.243. The van der Waals surface area contributed by atoms with E-state index in [2.05, 4.69) is 0 Å². The predicted molar refractivity (Wildman–Crippen MR) is 71.2 cm³/mol. The highest BCUT2D eigenvalue weighted by atomic mass is 16.5. The molecule has 0 aliphatic carbocycles. The first kappa shape index (κ1) is 14.9. The third kappa shape index (κ3) is 4.62. The molecule has 1 aromatic rings. The molecule has 4 N–H and O–H groups in total. The van der Waals surface area contributed by atoms with Gasteiger partial charge in [0, 0.05) is 38.0 Å². The third-order valence-electron chi connectivity index (χ3n) is 2.81. The van der Waals surface area contributed by atoms with Crippen LogP contribution >= 0.6 is 0 Å². The van der Waals surface area contributed by atoms with Gasteiger partial charge in [-0.25, -0.2) is 0 Å². The van der Waals surface area contributed by atoms with Gasteiger partial charge in [-0.3, -0.25) is 4.90 Å². The fourth-order valence-corrected chi connectivity index (χ4v) is 1.81. The Hall–Kier alpha value is -1.14. The van der Waals surface area contributed by atoms with Crippen molar-refractivity contribution in [3.05, 3.63) is 29.8 Å². The van der Waals surface area contributed by atoms with Gasteiger partial charge in [-0.15, -0.1) is 0 Å². The van der Waals surface area contributed by atoms with Crippen LogP contribution in [0.1, 0.15) is 11.7 Å². The quantitative estimate of drug-likeness (QED) is 0.579. The molecule has 0 bridgehead atoms. The van der Waals surface area contributed by atoms with Crippen molar-refractivity contribution in [3.63, 3.8) is 0 Å². The second kappa shape index (κ2) is 8.05. The van der Waals surface area contributed by atoms with Crippen molar-refractivity contribution in [1.82, 2.24) is 4.90 Å². The van der Waals surface area contributed by atoms with Gasteiger partial charge in [-0.2, -0.15) is 0 Å². The number of anilines is 1. The van der Waals surface area contributed by atoms with Crippen molar-refractivity contribution >= 4 is 5.69 Å². The number of nitrogen functional groups attached to an aromatic ring is 1. The monoisotopic (exact) mass is 254 g/mol. The number of aliphatic hydroxyl groups excluding tert-OH is 2. The summed E-state index contributed by atoms with van der Waals surface area (Å²) in [6, 6.07) is 7.26. The molecule has 0 aliphatic heterocycles. The van der Waals surface area contributed by atoms with E-state index < -0.39 is 6.10 Å². The molecule has 0 amide bonds. The van der Waals surface area contributed by atoms with Gasteiger partial charge in [0.2, 0.25) is 0 Å². The lowest BCUT2D eigenvalue weighted by atomic mass is 10.1. The molecule has 0 spiro atoms. The van der Waals surface area contributed by atoms with Crippen molar-refractivity contribution in [2.24, 2.45) is 0 Å². The molecule has 1 rings (SSSR count). The van der Waals surface area contributed by atoms with Gasteiger partial charge in [0.05, 0.1) is 19.3 Å². The summed E-state index contributed by atoms with van der Waals surface area (Å²) >= 11 is 0. The number of methoxy groups -OCH3 is 1. The lowest BCUT2D eigenvalue weighted by Crippen LogP contribution is -2.34. The molecule has 0 saturated heterocycles. The zero-order valence-electron chi connectivity index (χ0n) is 10.7. The molecular weight excluding hydrogens is 232 g/mol. The highest BCUT2D eigenvalue weighted by Crippen LogP contribution is 2.20. The molecule has 5 heteroatoms. The summed E-state index contributed by atoms with van der Waals surface area (Å²) in [6.07, 6.45) is -0.658. The minimum atomic E-state index is -0.658. The summed E-state index contributed by atoms with van der Waals surface area (Å²) < 4.78 is 5.00. The maximum Gasteiger partial charge on any atom is 0.0936 e. The van der Waals surface area contributed by atoms with Crippen LogP contribution in [0.3, 0.4) is 0 Å². The van der Waals surface area contributed by atoms with E-state index in [1.807, 2.05) is 23.1 Å². The Bertz CT molecular complexity index is 347. The normalized spacial score (nSPS) is 12.9. The highest BCUT2D eigenvalue weighted by Gasteiger charge is 2.15. The molecule has 0 aromatic heterocycles. The number of benzene rings is 1. The van der Waals surface area contributed by atoms with E-state index >= 15 is 0 Å². The summed E-state index contributed by atoms with van der Waals surface area (Å²) in [4.78, 5) is 1.95. The van der Waals surface area contributed by atoms with Crippen molar-refractivity contribution in [3.8, 4) is 0 Å². The Kier molecular flexibility index (Phi) is 6.67. The van der Waals surface area contributed by atoms with Crippen LogP contribution in [-0.4, -0.2) is 55.1 Å². The number of para-hydroxylation sites is 1. The van der Waals surface area contributed by atoms with Crippen molar-refractivity contribution in [2.75, 3.05) is 45.7 Å². The SMILES string of the molecule is COCCN(CCO)CC(O)c1ccccc1N. The number of hydrogen-bond acceptors (Lipinski definition) is 5. The Morgan fingerprint density at radius 3 is 2.67 bits per heavy atom. The van der Waals surface area contributed by atoms with Gasteiger partial charge in [0.1, 0.15) is 0 Å². The second-order valence-electron chi connectivity index (χ2n) is 4.16. The molecule has 5 nitrogen and oxygen atoms in total. The smallest absolute Gasteiger partial charge is 0.0936 e. The topological polar surface area (TPSA) is 79.0 Å². The number of aliphatic hydroxyl groups is 2. The van der Waals surface area contributed by atoms with Crippen LogP contribution in [0.5, 0.6) is 0 Å². The van der Waals surface area contributed by atoms with Crippen LogP contribution in [0.25, 0.3) is 0 Å². The number of hydrogen-bond donors (Lipinski definition) is 3. The van der Waals surface area contributed by atoms with E-state index in [0.717, 1.165) is 5.56 Å². The van der Waals surface area contributed by atoms with Crippen LogP contribution in [0.4, 0.5) is 5.69 Å². The fraction of sp³-hybridized carbons (Fsp3) is 0.538. The number of ether oxygens (including phenoxy) is 1. The lowest BCUT2D eigenvalue weighted by Gasteiger charge is -2.24. The van der Waals surface area contributed by atoms with Crippen molar-refractivity contribution in [2.45, 2.75) is 6.10 Å². The maximum atomic E-state index is 10.2. The van der Waals surface area contributed by atoms with Gasteiger partial charge in [-0.05, 0) is 6.07 Å². The molecule has 0 radical (unpaired) electrons. The van der Waals surface area contributed by atoms with Crippen LogP contribution in [0.2, 0.25) is 0 Å². The van der Waals surface area contributed by atoms with Crippen LogP contribution < -0.4 is 5.73 Å². The van der Waals surface area contributed by atoms with E-state index in [9.17, 15) is 5.11 Å². The number of nitrogens with two attached hydrogens (primary N) is 1. The zero-order valence-corrected chi connectivity index (χ0v) is 10.7. The van der Waals surface area contributed by atoms with Gasteiger partial charge in [0.25, 0.3) is 0 Å². The third-order valence-corrected chi connectivity index (χ3v) is 2.81. The maximum absolute atomic E-state index is 10.2. The molecule has 18 heavy (non-hydrogen) atoms. The Balaban J connectivity index is 2.60. The standard InChI is InChI=1S/C13H22N2O3/c1-18-9-7-15(6-8-16)10-13(17)11-4-2-3-5-12(11)14/h2-5,13,16-17H,6-10,14H2,1H3. The average Bonchev–Trinajstić information content (AvgIpc) is 2.36. The number of nitrogens with zero attached hydrogens (tertiary/aromatic N) is 1. The van der Waals surface area contributed by atoms with Crippen molar-refractivity contribution < 1.29 is 14.9 Å². The summed E-state index contributed by atoms with van der Waals surface area (Å²) in [5.74, 6) is 0. The second-order valence-corrected chi connectivity index (χ2v) is 4.16. The Labute approximate surface area is 108 Å². The molecule has 0 fully saturated rings. The molecule has 0 saturated carbocycles. The highest BCUT2D eigenvalue weighted by molar-refractivity contribution is 5.47. The van der Waals surface area contributed by atoms with E-state index in [-0.39, 0.29) is 6.61 Å². The van der Waals surface area contributed by atoms with E-state index in [1.165, 1.54) is 0 Å². The van der Waals surface area contributed by atoms with Gasteiger partial charge < -0.3 is 20.7 Å². The molecule has 102 valence electrons. The minimum Gasteiger partial charge on any atom is -0.398 e. The van der Waals surface area contributed by atoms with Crippen molar-refractivity contribution in [1.29, 1.82) is 0 Å². The minimum absolute atomic E-state index is 0.0563. The van der Waals surface area contributed by atoms with Gasteiger partial charge in [0.15, 0.2) is 0 Å². The average molecular weight is 254 g/mol. The van der Waals surface area contributed by atoms with Crippen LogP contribution in [0.15, 0.2) is 24.3 Å². The first-order chi connectivity index (χ1) is 8.69. The molecule has 1 aromatic carbocycles. The molecule has 0 heterocycles. The molecule has 1 atom stereocenters. The van der Waals surface area contributed by atoms with Crippen LogP contribution in [0, 0.1) is 0 Å². The Morgan fingerprint density at radius 1 is 1.33 bits per heavy atom. The summed E-state index contributed by atoms with van der Waals surface area (Å²) in [5.41, 5.74) is 7.12. The number of rotatable bonds is 8. The molecular formula is C13H22N2O3. The van der Waals surface area contributed by atoms with E-state index in [4.69, 9.17) is 15.6 Å². The largest absolute Gasteiger partial charge is 0.398 e. The molecule has 1 unspecified atom stereocenters. The first-order valence-electron chi connectivity index (χ1n) is 6.03. The summed E-state index contributed by atoms with van der Waals surface area (Å²) in [5, 5.41) is 19.1. The first-order valence-corrected chi connectivity index (χ1v) is 6.03. The summed E-state index contributed by atoms with van der Waals surface area (Å²) in [7, 11) is 1.63. The van der Waals surface area contributed by atoms with Gasteiger partial charge in [-0.1, -0.05) is 18.2 Å². The van der Waals surface area contributed by atoms with E-state index in [0.29, 0.717) is 31.9 Å². The molecule has 0 aliphatic rings. The fourth-order valence-electron chi connectivity index (χ4n) is 1.81. The zero-order chi connectivity index (χ0) is 13.4. The Morgan fingerprint density at radius 2 is 2.06 bits per heavy atom. The lowest BCUT2D eigenvalue weighted by molar-refractivity contribution is 0.0782. The van der Waals surface area contributed by atoms with Crippen LogP contribution in [-0.2, 0) is 4.74 Å². The van der Waals surface area contributed by atoms with E-state index in [1.54, 1.807) is 13.2 Å². The van der Waals surface area contributed by atoms with Gasteiger partial charge >= 0.3 is 0 Å².